The Balaban J connectivity index is 2.03. The van der Waals surface area contributed by atoms with Crippen LogP contribution in [0.15, 0.2) is 44.2 Å². The number of fused-ring (bicyclic) bond motifs is 2. The number of esters is 1. The molecule has 0 N–H and O–H groups in total. The molecule has 3 rings (SSSR count). The SMILES string of the molecule is CC(=O)OCCOc1c2occc2cc2ccc(=O)oc12. The van der Waals surface area contributed by atoms with E-state index in [1.165, 1.54) is 19.3 Å². The number of carbonyl (C=O) groups excluding carboxylic acids is 1. The molecule has 2 heterocycles. The molecule has 0 amide bonds. The monoisotopic (exact) mass is 288 g/mol. The maximum atomic E-state index is 11.4. The average molecular weight is 288 g/mol. The Morgan fingerprint density at radius 3 is 2.76 bits per heavy atom. The van der Waals surface area contributed by atoms with Gasteiger partial charge >= 0.3 is 11.6 Å². The summed E-state index contributed by atoms with van der Waals surface area (Å²) in [7, 11) is 0. The molecule has 0 saturated carbocycles. The van der Waals surface area contributed by atoms with Gasteiger partial charge in [0.05, 0.1) is 6.26 Å². The first kappa shape index (κ1) is 13.2. The first-order valence-electron chi connectivity index (χ1n) is 6.35. The lowest BCUT2D eigenvalue weighted by Gasteiger charge is -2.08. The summed E-state index contributed by atoms with van der Waals surface area (Å²) in [6, 6.07) is 6.64. The van der Waals surface area contributed by atoms with Gasteiger partial charge in [-0.15, -0.1) is 0 Å². The van der Waals surface area contributed by atoms with Crippen molar-refractivity contribution in [2.24, 2.45) is 0 Å². The van der Waals surface area contributed by atoms with E-state index in [9.17, 15) is 9.59 Å². The summed E-state index contributed by atoms with van der Waals surface area (Å²) >= 11 is 0. The number of ether oxygens (including phenoxy) is 2. The lowest BCUT2D eigenvalue weighted by atomic mass is 10.1. The molecule has 0 bridgehead atoms. The molecule has 0 aliphatic heterocycles. The van der Waals surface area contributed by atoms with E-state index in [4.69, 9.17) is 18.3 Å². The Morgan fingerprint density at radius 2 is 1.95 bits per heavy atom. The van der Waals surface area contributed by atoms with Crippen molar-refractivity contribution < 1.29 is 23.1 Å². The fraction of sp³-hybridized carbons (Fsp3) is 0.200. The summed E-state index contributed by atoms with van der Waals surface area (Å²) in [6.07, 6.45) is 1.53. The first-order chi connectivity index (χ1) is 10.1. The average Bonchev–Trinajstić information content (AvgIpc) is 2.90. The van der Waals surface area contributed by atoms with Gasteiger partial charge in [-0.2, -0.15) is 0 Å². The number of carbonyl (C=O) groups is 1. The highest BCUT2D eigenvalue weighted by Gasteiger charge is 2.14. The van der Waals surface area contributed by atoms with Crippen molar-refractivity contribution in [3.8, 4) is 5.75 Å². The number of rotatable bonds is 4. The van der Waals surface area contributed by atoms with Crippen LogP contribution in [0.3, 0.4) is 0 Å². The Hall–Kier alpha value is -2.76. The van der Waals surface area contributed by atoms with Gasteiger partial charge in [0.2, 0.25) is 5.75 Å². The molecule has 3 aromatic rings. The second-order valence-corrected chi connectivity index (χ2v) is 4.41. The first-order valence-corrected chi connectivity index (χ1v) is 6.35. The summed E-state index contributed by atoms with van der Waals surface area (Å²) in [5.74, 6) is -0.0523. The zero-order valence-electron chi connectivity index (χ0n) is 11.3. The molecular weight excluding hydrogens is 276 g/mol. The van der Waals surface area contributed by atoms with Crippen molar-refractivity contribution in [3.05, 3.63) is 40.9 Å². The van der Waals surface area contributed by atoms with Gasteiger partial charge in [0.25, 0.3) is 0 Å². The minimum Gasteiger partial charge on any atom is -0.483 e. The number of benzene rings is 1. The molecule has 6 nitrogen and oxygen atoms in total. The van der Waals surface area contributed by atoms with Gasteiger partial charge in [0.15, 0.2) is 11.2 Å². The Morgan fingerprint density at radius 1 is 1.14 bits per heavy atom. The highest BCUT2D eigenvalue weighted by Crippen LogP contribution is 2.34. The lowest BCUT2D eigenvalue weighted by molar-refractivity contribution is -0.141. The third-order valence-corrected chi connectivity index (χ3v) is 2.92. The maximum absolute atomic E-state index is 11.4. The van der Waals surface area contributed by atoms with Gasteiger partial charge in [0.1, 0.15) is 13.2 Å². The van der Waals surface area contributed by atoms with E-state index in [0.29, 0.717) is 16.9 Å². The smallest absolute Gasteiger partial charge is 0.336 e. The molecular formula is C15H12O6. The van der Waals surface area contributed by atoms with Crippen LogP contribution in [0.25, 0.3) is 21.9 Å². The second-order valence-electron chi connectivity index (χ2n) is 4.41. The molecule has 0 saturated heterocycles. The third kappa shape index (κ3) is 2.60. The molecule has 21 heavy (non-hydrogen) atoms. The van der Waals surface area contributed by atoms with Gasteiger partial charge in [-0.1, -0.05) is 0 Å². The fourth-order valence-electron chi connectivity index (χ4n) is 2.07. The number of hydrogen-bond acceptors (Lipinski definition) is 6. The lowest BCUT2D eigenvalue weighted by Crippen LogP contribution is -2.10. The zero-order chi connectivity index (χ0) is 14.8. The molecule has 108 valence electrons. The van der Waals surface area contributed by atoms with E-state index in [1.54, 1.807) is 12.1 Å². The largest absolute Gasteiger partial charge is 0.483 e. The van der Waals surface area contributed by atoms with E-state index < -0.39 is 5.63 Å². The minimum absolute atomic E-state index is 0.102. The van der Waals surface area contributed by atoms with Crippen LogP contribution in [-0.4, -0.2) is 19.2 Å². The summed E-state index contributed by atoms with van der Waals surface area (Å²) in [4.78, 5) is 22.1. The van der Waals surface area contributed by atoms with Gasteiger partial charge in [-0.25, -0.2) is 4.79 Å². The van der Waals surface area contributed by atoms with E-state index in [0.717, 1.165) is 10.8 Å². The molecule has 2 aromatic heterocycles. The Labute approximate surface area is 118 Å². The normalized spacial score (nSPS) is 10.9. The fourth-order valence-corrected chi connectivity index (χ4v) is 2.07. The van der Waals surface area contributed by atoms with Crippen molar-refractivity contribution in [3.63, 3.8) is 0 Å². The van der Waals surface area contributed by atoms with Crippen molar-refractivity contribution in [1.82, 2.24) is 0 Å². The maximum Gasteiger partial charge on any atom is 0.336 e. The number of furan rings is 1. The number of hydrogen-bond donors (Lipinski definition) is 0. The van der Waals surface area contributed by atoms with Crippen LogP contribution in [-0.2, 0) is 9.53 Å². The van der Waals surface area contributed by atoms with Crippen LogP contribution in [0.5, 0.6) is 5.75 Å². The molecule has 0 aliphatic rings. The molecule has 0 fully saturated rings. The van der Waals surface area contributed by atoms with Crippen molar-refractivity contribution in [2.75, 3.05) is 13.2 Å². The van der Waals surface area contributed by atoms with Crippen molar-refractivity contribution >= 4 is 27.9 Å². The van der Waals surface area contributed by atoms with Gasteiger partial charge in [-0.3, -0.25) is 4.79 Å². The predicted molar refractivity (Wildman–Crippen MR) is 74.4 cm³/mol. The molecule has 0 spiro atoms. The summed E-state index contributed by atoms with van der Waals surface area (Å²) in [5, 5.41) is 1.56. The summed E-state index contributed by atoms with van der Waals surface area (Å²) in [6.45, 7) is 1.56. The van der Waals surface area contributed by atoms with Crippen LogP contribution < -0.4 is 10.4 Å². The molecule has 6 heteroatoms. The Kier molecular flexibility index (Phi) is 3.35. The highest BCUT2D eigenvalue weighted by atomic mass is 16.6. The van der Waals surface area contributed by atoms with Gasteiger partial charge < -0.3 is 18.3 Å². The predicted octanol–water partition coefficient (Wildman–Crippen LogP) is 2.48. The highest BCUT2D eigenvalue weighted by molar-refractivity contribution is 5.99. The third-order valence-electron chi connectivity index (χ3n) is 2.92. The van der Waals surface area contributed by atoms with Gasteiger partial charge in [-0.05, 0) is 18.2 Å². The standard InChI is InChI=1S/C15H12O6/c1-9(16)18-6-7-20-15-13-11(4-5-19-13)8-10-2-3-12(17)21-14(10)15/h2-5,8H,6-7H2,1H3. The van der Waals surface area contributed by atoms with E-state index in [2.05, 4.69) is 0 Å². The van der Waals surface area contributed by atoms with Gasteiger partial charge in [0, 0.05) is 23.8 Å². The molecule has 0 unspecified atom stereocenters. The second kappa shape index (κ2) is 5.32. The topological polar surface area (TPSA) is 78.9 Å². The molecule has 0 atom stereocenters. The van der Waals surface area contributed by atoms with Crippen LogP contribution in [0, 0.1) is 0 Å². The summed E-state index contributed by atoms with van der Waals surface area (Å²) < 4.78 is 21.0. The quantitative estimate of drug-likeness (QED) is 0.417. The van der Waals surface area contributed by atoms with Crippen molar-refractivity contribution in [1.29, 1.82) is 0 Å². The molecule has 0 aliphatic carbocycles. The van der Waals surface area contributed by atoms with Crippen LogP contribution >= 0.6 is 0 Å². The molecule has 1 aromatic carbocycles. The summed E-state index contributed by atoms with van der Waals surface area (Å²) in [5.41, 5.74) is 0.325. The van der Waals surface area contributed by atoms with Crippen molar-refractivity contribution in [2.45, 2.75) is 6.92 Å². The minimum atomic E-state index is -0.474. The van der Waals surface area contributed by atoms with Crippen LogP contribution in [0.1, 0.15) is 6.92 Å². The van der Waals surface area contributed by atoms with E-state index >= 15 is 0 Å². The van der Waals surface area contributed by atoms with E-state index in [-0.39, 0.29) is 19.2 Å². The zero-order valence-corrected chi connectivity index (χ0v) is 11.3. The van der Waals surface area contributed by atoms with Crippen LogP contribution in [0.2, 0.25) is 0 Å². The van der Waals surface area contributed by atoms with Crippen LogP contribution in [0.4, 0.5) is 0 Å². The van der Waals surface area contributed by atoms with E-state index in [1.807, 2.05) is 6.07 Å². The Bertz CT molecular complexity index is 857. The molecule has 0 radical (unpaired) electrons.